The number of nitrogens with zero attached hydrogens (tertiary/aromatic N) is 2. The van der Waals surface area contributed by atoms with Gasteiger partial charge in [0.1, 0.15) is 5.56 Å². The third kappa shape index (κ3) is 4.85. The van der Waals surface area contributed by atoms with Crippen LogP contribution in [0.2, 0.25) is 0 Å². The van der Waals surface area contributed by atoms with Gasteiger partial charge in [0.2, 0.25) is 0 Å². The van der Waals surface area contributed by atoms with Crippen molar-refractivity contribution in [2.24, 2.45) is 5.92 Å². The van der Waals surface area contributed by atoms with Crippen LogP contribution >= 0.6 is 0 Å². The summed E-state index contributed by atoms with van der Waals surface area (Å²) < 4.78 is 10.2. The molecule has 0 aromatic heterocycles. The molecule has 1 aliphatic rings. The molecule has 9 heteroatoms. The number of benzene rings is 1. The molecule has 1 aromatic carbocycles. The highest BCUT2D eigenvalue weighted by Crippen LogP contribution is 2.25. The standard InChI is InChI=1S/C19H24N2O7/c1-4-27-18(23)14-8-10-20(11-9-14)17(22)13(3)28-19(24)15-7-5-6-12(2)16(15)21(25)26/h5-7,13-14H,4,8-11H2,1-3H3. The number of carbonyl (C=O) groups is 3. The quantitative estimate of drug-likeness (QED) is 0.414. The molecule has 0 saturated carbocycles. The number of piperidine rings is 1. The Morgan fingerprint density at radius 3 is 2.50 bits per heavy atom. The molecule has 1 amide bonds. The molecule has 1 saturated heterocycles. The molecule has 0 aliphatic carbocycles. The summed E-state index contributed by atoms with van der Waals surface area (Å²) >= 11 is 0. The number of esters is 2. The lowest BCUT2D eigenvalue weighted by Gasteiger charge is -2.32. The summed E-state index contributed by atoms with van der Waals surface area (Å²) in [5.74, 6) is -1.82. The van der Waals surface area contributed by atoms with E-state index in [1.165, 1.54) is 36.9 Å². The summed E-state index contributed by atoms with van der Waals surface area (Å²) in [4.78, 5) is 48.8. The highest BCUT2D eigenvalue weighted by atomic mass is 16.6. The number of rotatable bonds is 6. The Hall–Kier alpha value is -2.97. The molecule has 0 bridgehead atoms. The molecular weight excluding hydrogens is 368 g/mol. The Bertz CT molecular complexity index is 770. The molecule has 152 valence electrons. The summed E-state index contributed by atoms with van der Waals surface area (Å²) in [6.07, 6.45) is -0.129. The first kappa shape index (κ1) is 21.3. The number of nitro benzene ring substituents is 1. The molecule has 0 N–H and O–H groups in total. The van der Waals surface area contributed by atoms with E-state index in [0.29, 0.717) is 38.1 Å². The summed E-state index contributed by atoms with van der Waals surface area (Å²) in [6, 6.07) is 4.35. The van der Waals surface area contributed by atoms with Gasteiger partial charge in [-0.3, -0.25) is 19.7 Å². The van der Waals surface area contributed by atoms with Crippen molar-refractivity contribution >= 4 is 23.5 Å². The molecule has 1 unspecified atom stereocenters. The number of ether oxygens (including phenoxy) is 2. The van der Waals surface area contributed by atoms with Gasteiger partial charge in [-0.25, -0.2) is 4.79 Å². The zero-order chi connectivity index (χ0) is 20.8. The number of likely N-dealkylation sites (tertiary alicyclic amines) is 1. The van der Waals surface area contributed by atoms with Crippen LogP contribution < -0.4 is 0 Å². The molecule has 1 aromatic rings. The predicted molar refractivity (Wildman–Crippen MR) is 98.6 cm³/mol. The van der Waals surface area contributed by atoms with Gasteiger partial charge in [0.15, 0.2) is 6.10 Å². The molecule has 1 aliphatic heterocycles. The maximum Gasteiger partial charge on any atom is 0.345 e. The van der Waals surface area contributed by atoms with E-state index in [9.17, 15) is 24.5 Å². The van der Waals surface area contributed by atoms with Gasteiger partial charge in [0.05, 0.1) is 17.4 Å². The van der Waals surface area contributed by atoms with Crippen LogP contribution in [-0.2, 0) is 19.1 Å². The fourth-order valence-corrected chi connectivity index (χ4v) is 3.19. The fourth-order valence-electron chi connectivity index (χ4n) is 3.19. The van der Waals surface area contributed by atoms with Gasteiger partial charge in [0.25, 0.3) is 11.6 Å². The van der Waals surface area contributed by atoms with Crippen LogP contribution in [0.3, 0.4) is 0 Å². The van der Waals surface area contributed by atoms with Crippen LogP contribution in [0.25, 0.3) is 0 Å². The molecule has 0 radical (unpaired) electrons. The number of amides is 1. The minimum Gasteiger partial charge on any atom is -0.466 e. The van der Waals surface area contributed by atoms with Gasteiger partial charge >= 0.3 is 11.9 Å². The third-order valence-electron chi connectivity index (χ3n) is 4.70. The lowest BCUT2D eigenvalue weighted by Crippen LogP contribution is -2.45. The van der Waals surface area contributed by atoms with E-state index in [2.05, 4.69) is 0 Å². The van der Waals surface area contributed by atoms with E-state index in [0.717, 1.165) is 0 Å². The van der Waals surface area contributed by atoms with E-state index < -0.39 is 22.9 Å². The Kier molecular flexibility index (Phi) is 7.08. The van der Waals surface area contributed by atoms with Crippen LogP contribution in [0.15, 0.2) is 18.2 Å². The monoisotopic (exact) mass is 392 g/mol. The Labute approximate surface area is 162 Å². The van der Waals surface area contributed by atoms with Crippen molar-refractivity contribution in [3.8, 4) is 0 Å². The molecule has 9 nitrogen and oxygen atoms in total. The highest BCUT2D eigenvalue weighted by Gasteiger charge is 2.32. The minimum atomic E-state index is -1.09. The first-order valence-electron chi connectivity index (χ1n) is 9.16. The predicted octanol–water partition coefficient (Wildman–Crippen LogP) is 2.25. The summed E-state index contributed by atoms with van der Waals surface area (Å²) in [5, 5.41) is 11.2. The average molecular weight is 392 g/mol. The average Bonchev–Trinajstić information content (AvgIpc) is 2.67. The molecule has 0 spiro atoms. The lowest BCUT2D eigenvalue weighted by molar-refractivity contribution is -0.385. The normalized spacial score (nSPS) is 15.6. The van der Waals surface area contributed by atoms with Crippen molar-refractivity contribution in [3.63, 3.8) is 0 Å². The minimum absolute atomic E-state index is 0.189. The van der Waals surface area contributed by atoms with Crippen LogP contribution in [0.1, 0.15) is 42.6 Å². The van der Waals surface area contributed by atoms with Crippen LogP contribution in [0.4, 0.5) is 5.69 Å². The largest absolute Gasteiger partial charge is 0.466 e. The fraction of sp³-hybridized carbons (Fsp3) is 0.526. The SMILES string of the molecule is CCOC(=O)C1CCN(C(=O)C(C)OC(=O)c2cccc(C)c2[N+](=O)[O-])CC1. The third-order valence-corrected chi connectivity index (χ3v) is 4.70. The number of nitro groups is 1. The molecule has 1 atom stereocenters. The second-order valence-electron chi connectivity index (χ2n) is 6.63. The van der Waals surface area contributed by atoms with E-state index in [1.54, 1.807) is 6.92 Å². The molecule has 2 rings (SSSR count). The lowest BCUT2D eigenvalue weighted by atomic mass is 9.96. The number of para-hydroxylation sites is 1. The van der Waals surface area contributed by atoms with Crippen molar-refractivity contribution < 1.29 is 28.8 Å². The maximum absolute atomic E-state index is 12.6. The van der Waals surface area contributed by atoms with E-state index in [4.69, 9.17) is 9.47 Å². The van der Waals surface area contributed by atoms with Crippen LogP contribution in [0, 0.1) is 23.0 Å². The van der Waals surface area contributed by atoms with Gasteiger partial charge in [-0.1, -0.05) is 12.1 Å². The second kappa shape index (κ2) is 9.29. The number of aryl methyl sites for hydroxylation is 1. The van der Waals surface area contributed by atoms with Crippen molar-refractivity contribution in [1.82, 2.24) is 4.90 Å². The van der Waals surface area contributed by atoms with Crippen molar-refractivity contribution in [3.05, 3.63) is 39.4 Å². The van der Waals surface area contributed by atoms with Crippen molar-refractivity contribution in [2.75, 3.05) is 19.7 Å². The molecule has 28 heavy (non-hydrogen) atoms. The molecule has 1 fully saturated rings. The Morgan fingerprint density at radius 2 is 1.93 bits per heavy atom. The van der Waals surface area contributed by atoms with E-state index in [1.807, 2.05) is 0 Å². The Morgan fingerprint density at radius 1 is 1.29 bits per heavy atom. The number of carbonyl (C=O) groups excluding carboxylic acids is 3. The van der Waals surface area contributed by atoms with E-state index >= 15 is 0 Å². The van der Waals surface area contributed by atoms with Gasteiger partial charge in [0, 0.05) is 18.7 Å². The second-order valence-corrected chi connectivity index (χ2v) is 6.63. The molecular formula is C19H24N2O7. The van der Waals surface area contributed by atoms with Crippen molar-refractivity contribution in [1.29, 1.82) is 0 Å². The van der Waals surface area contributed by atoms with Crippen molar-refractivity contribution in [2.45, 2.75) is 39.7 Å². The van der Waals surface area contributed by atoms with Gasteiger partial charge < -0.3 is 14.4 Å². The first-order chi connectivity index (χ1) is 13.3. The summed E-state index contributed by atoms with van der Waals surface area (Å²) in [5.41, 5.74) is -0.187. The first-order valence-corrected chi connectivity index (χ1v) is 9.16. The van der Waals surface area contributed by atoms with E-state index in [-0.39, 0.29) is 23.1 Å². The molecule has 1 heterocycles. The Balaban J connectivity index is 1.98. The number of hydrogen-bond donors (Lipinski definition) is 0. The van der Waals surface area contributed by atoms with Crippen LogP contribution in [-0.4, -0.2) is 53.5 Å². The zero-order valence-corrected chi connectivity index (χ0v) is 16.2. The zero-order valence-electron chi connectivity index (χ0n) is 16.2. The topological polar surface area (TPSA) is 116 Å². The van der Waals surface area contributed by atoms with Gasteiger partial charge in [-0.2, -0.15) is 0 Å². The van der Waals surface area contributed by atoms with Crippen LogP contribution in [0.5, 0.6) is 0 Å². The summed E-state index contributed by atoms with van der Waals surface area (Å²) in [7, 11) is 0. The van der Waals surface area contributed by atoms with Gasteiger partial charge in [-0.05, 0) is 39.7 Å². The van der Waals surface area contributed by atoms with Gasteiger partial charge in [-0.15, -0.1) is 0 Å². The maximum atomic E-state index is 12.6. The smallest absolute Gasteiger partial charge is 0.345 e. The highest BCUT2D eigenvalue weighted by molar-refractivity contribution is 5.96. The number of hydrogen-bond acceptors (Lipinski definition) is 7. The summed E-state index contributed by atoms with van der Waals surface area (Å²) in [6.45, 7) is 5.72.